The average molecular weight is 931 g/mol. The van der Waals surface area contributed by atoms with Gasteiger partial charge in [-0.2, -0.15) is 13.2 Å². The van der Waals surface area contributed by atoms with Crippen LogP contribution < -0.4 is 16.0 Å². The Morgan fingerprint density at radius 3 is 2.16 bits per heavy atom. The largest absolute Gasteiger partial charge is 0.403 e. The molecule has 1 aromatic rings. The molecular formula is C44H64Cl2F3N7O7. The number of carbonyl (C=O) groups excluding carboxylic acids is 7. The Kier molecular flexibility index (Phi) is 18.1. The molecule has 0 bridgehead atoms. The maximum Gasteiger partial charge on any atom is 0.403 e. The van der Waals surface area contributed by atoms with Crippen LogP contribution in [0, 0.1) is 11.3 Å². The highest BCUT2D eigenvalue weighted by molar-refractivity contribution is 6.33. The first-order valence-corrected chi connectivity index (χ1v) is 22.8. The van der Waals surface area contributed by atoms with Crippen molar-refractivity contribution in [1.82, 2.24) is 35.6 Å². The summed E-state index contributed by atoms with van der Waals surface area (Å²) in [4.78, 5) is 103. The van der Waals surface area contributed by atoms with Gasteiger partial charge in [-0.25, -0.2) is 0 Å². The number of hydrogen-bond donors (Lipinski definition) is 3. The SMILES string of the molecule is CC[C@H]1NC(=O)[C@H](Cc2cc(Cl)ccc2Cl)N(C)C(=O)[C@H](CC(C)C)NC(=O)[C@@H](N(C)C(=O)[C@H](C)NC(=O)[C@@H]2CCCN2C(=O)C2(C(F)(F)F)CCCCC2)CCCCN(C)C1=O. The van der Waals surface area contributed by atoms with Crippen molar-refractivity contribution in [2.24, 2.45) is 11.3 Å². The van der Waals surface area contributed by atoms with E-state index in [1.807, 2.05) is 13.8 Å². The Labute approximate surface area is 378 Å². The van der Waals surface area contributed by atoms with Crippen LogP contribution in [-0.4, -0.2) is 138 Å². The van der Waals surface area contributed by atoms with Crippen LogP contribution in [0.25, 0.3) is 0 Å². The molecule has 0 aromatic heterocycles. The van der Waals surface area contributed by atoms with E-state index in [2.05, 4.69) is 16.0 Å². The number of nitrogens with zero attached hydrogens (tertiary/aromatic N) is 4. The number of hydrogen-bond acceptors (Lipinski definition) is 7. The summed E-state index contributed by atoms with van der Waals surface area (Å²) in [5.41, 5.74) is -2.09. The summed E-state index contributed by atoms with van der Waals surface area (Å²) in [6, 6.07) is -2.17. The second-order valence-corrected chi connectivity index (χ2v) is 18.7. The molecule has 2 saturated heterocycles. The van der Waals surface area contributed by atoms with Gasteiger partial charge < -0.3 is 35.6 Å². The molecule has 2 heterocycles. The molecule has 1 saturated carbocycles. The first kappa shape index (κ1) is 51.5. The van der Waals surface area contributed by atoms with Gasteiger partial charge in [-0.1, -0.05) is 63.2 Å². The molecule has 3 aliphatic rings. The van der Waals surface area contributed by atoms with Gasteiger partial charge in [-0.15, -0.1) is 0 Å². The highest BCUT2D eigenvalue weighted by Gasteiger charge is 2.62. The Morgan fingerprint density at radius 2 is 1.54 bits per heavy atom. The van der Waals surface area contributed by atoms with Gasteiger partial charge >= 0.3 is 6.18 Å². The second-order valence-electron chi connectivity index (χ2n) is 17.8. The van der Waals surface area contributed by atoms with Crippen LogP contribution in [0.5, 0.6) is 0 Å². The summed E-state index contributed by atoms with van der Waals surface area (Å²) < 4.78 is 43.5. The molecule has 63 heavy (non-hydrogen) atoms. The van der Waals surface area contributed by atoms with Crippen molar-refractivity contribution in [2.75, 3.05) is 34.2 Å². The smallest absolute Gasteiger partial charge is 0.344 e. The molecule has 352 valence electrons. The summed E-state index contributed by atoms with van der Waals surface area (Å²) in [7, 11) is 4.41. The van der Waals surface area contributed by atoms with Crippen molar-refractivity contribution in [3.63, 3.8) is 0 Å². The van der Waals surface area contributed by atoms with E-state index in [1.54, 1.807) is 32.2 Å². The minimum absolute atomic E-state index is 0.0235. The average Bonchev–Trinajstić information content (AvgIpc) is 3.73. The summed E-state index contributed by atoms with van der Waals surface area (Å²) in [6.07, 6.45) is -2.76. The molecule has 0 unspecified atom stereocenters. The molecule has 0 radical (unpaired) electrons. The summed E-state index contributed by atoms with van der Waals surface area (Å²) in [6.45, 7) is 7.10. The van der Waals surface area contributed by atoms with Crippen molar-refractivity contribution in [2.45, 2.75) is 154 Å². The normalized spacial score (nSPS) is 25.1. The fraction of sp³-hybridized carbons (Fsp3) is 0.705. The van der Waals surface area contributed by atoms with Crippen molar-refractivity contribution in [3.05, 3.63) is 33.8 Å². The second kappa shape index (κ2) is 22.2. The van der Waals surface area contributed by atoms with E-state index in [-0.39, 0.29) is 82.7 Å². The van der Waals surface area contributed by atoms with E-state index in [0.29, 0.717) is 41.3 Å². The lowest BCUT2D eigenvalue weighted by atomic mass is 9.72. The van der Waals surface area contributed by atoms with Crippen LogP contribution in [0.4, 0.5) is 13.2 Å². The lowest BCUT2D eigenvalue weighted by Crippen LogP contribution is -2.60. The summed E-state index contributed by atoms with van der Waals surface area (Å²) in [5, 5.41) is 8.94. The molecule has 4 rings (SSSR count). The van der Waals surface area contributed by atoms with E-state index in [4.69, 9.17) is 23.2 Å². The van der Waals surface area contributed by atoms with Gasteiger partial charge in [-0.05, 0) is 94.4 Å². The molecule has 6 atom stereocenters. The Morgan fingerprint density at radius 1 is 0.889 bits per heavy atom. The third kappa shape index (κ3) is 12.4. The third-order valence-corrected chi connectivity index (χ3v) is 13.4. The molecule has 1 aliphatic carbocycles. The maximum atomic E-state index is 14.5. The van der Waals surface area contributed by atoms with Gasteiger partial charge in [0.1, 0.15) is 41.7 Å². The zero-order valence-corrected chi connectivity index (χ0v) is 38.9. The highest BCUT2D eigenvalue weighted by Crippen LogP contribution is 2.51. The number of halogens is 5. The number of amides is 7. The van der Waals surface area contributed by atoms with Crippen LogP contribution in [0.3, 0.4) is 0 Å². The van der Waals surface area contributed by atoms with Crippen LogP contribution in [0.1, 0.15) is 110 Å². The molecule has 2 aliphatic heterocycles. The molecular weight excluding hydrogens is 866 g/mol. The molecule has 1 aromatic carbocycles. The predicted octanol–water partition coefficient (Wildman–Crippen LogP) is 5.27. The monoisotopic (exact) mass is 929 g/mol. The van der Waals surface area contributed by atoms with Gasteiger partial charge in [-0.3, -0.25) is 33.6 Å². The number of likely N-dealkylation sites (N-methyl/N-ethyl adjacent to an activating group) is 3. The minimum Gasteiger partial charge on any atom is -0.344 e. The first-order chi connectivity index (χ1) is 29.5. The standard InChI is InChI=1S/C44H64Cl2F3N7O7/c1-8-31-40(61)53(5)21-13-10-15-33(36(57)52-32(23-26(2)3)41(62)55(7)35(38(59)51-31)25-28-24-29(45)17-18-30(28)46)54(6)39(60)27(4)50-37(58)34-16-14-22-56(34)42(63)43(44(47,48)49)19-11-9-12-20-43/h17-18,24,26-27,31-35H,8-16,19-23,25H2,1-7H3,(H,50,58)(H,51,59)(H,52,57)/t27-,31+,32-,33-,34-,35-/m0/s1. The van der Waals surface area contributed by atoms with E-state index in [1.165, 1.54) is 35.7 Å². The Hall–Kier alpha value is -4.12. The minimum atomic E-state index is -4.79. The zero-order chi connectivity index (χ0) is 47.0. The predicted molar refractivity (Wildman–Crippen MR) is 232 cm³/mol. The number of likely N-dealkylation sites (tertiary alicyclic amines) is 1. The zero-order valence-electron chi connectivity index (χ0n) is 37.4. The topological polar surface area (TPSA) is 169 Å². The molecule has 3 fully saturated rings. The fourth-order valence-corrected chi connectivity index (χ4v) is 9.39. The van der Waals surface area contributed by atoms with Gasteiger partial charge in [0, 0.05) is 50.7 Å². The van der Waals surface area contributed by atoms with Crippen molar-refractivity contribution in [3.8, 4) is 0 Å². The quantitative estimate of drug-likeness (QED) is 0.288. The number of benzene rings is 1. The van der Waals surface area contributed by atoms with E-state index in [9.17, 15) is 46.7 Å². The lowest BCUT2D eigenvalue weighted by Gasteiger charge is -2.41. The van der Waals surface area contributed by atoms with Crippen LogP contribution in [0.2, 0.25) is 10.0 Å². The molecule has 3 N–H and O–H groups in total. The van der Waals surface area contributed by atoms with Gasteiger partial charge in [0.2, 0.25) is 41.4 Å². The van der Waals surface area contributed by atoms with Crippen molar-refractivity contribution >= 4 is 64.6 Å². The van der Waals surface area contributed by atoms with E-state index < -0.39 is 83.3 Å². The van der Waals surface area contributed by atoms with Crippen LogP contribution >= 0.6 is 23.2 Å². The van der Waals surface area contributed by atoms with Gasteiger partial charge in [0.15, 0.2) is 0 Å². The third-order valence-electron chi connectivity index (χ3n) is 12.8. The molecule has 7 amide bonds. The van der Waals surface area contributed by atoms with E-state index in [0.717, 1.165) is 4.90 Å². The maximum absolute atomic E-state index is 14.5. The van der Waals surface area contributed by atoms with Crippen molar-refractivity contribution in [1.29, 1.82) is 0 Å². The number of rotatable bonds is 10. The molecule has 14 nitrogen and oxygen atoms in total. The summed E-state index contributed by atoms with van der Waals surface area (Å²) >= 11 is 12.8. The van der Waals surface area contributed by atoms with E-state index >= 15 is 0 Å². The van der Waals surface area contributed by atoms with Gasteiger partial charge in [0.25, 0.3) is 0 Å². The van der Waals surface area contributed by atoms with Crippen LogP contribution in [-0.2, 0) is 40.0 Å². The number of carbonyl (C=O) groups is 7. The number of nitrogens with one attached hydrogen (secondary N) is 3. The van der Waals surface area contributed by atoms with Crippen LogP contribution in [0.15, 0.2) is 18.2 Å². The molecule has 19 heteroatoms. The van der Waals surface area contributed by atoms with Crippen molar-refractivity contribution < 1.29 is 46.7 Å². The highest BCUT2D eigenvalue weighted by atomic mass is 35.5. The Bertz CT molecular complexity index is 1850. The summed E-state index contributed by atoms with van der Waals surface area (Å²) in [5.74, 6) is -4.94. The molecule has 0 spiro atoms. The fourth-order valence-electron chi connectivity index (χ4n) is 9.01. The number of alkyl halides is 3. The van der Waals surface area contributed by atoms with Gasteiger partial charge in [0.05, 0.1) is 0 Å². The lowest BCUT2D eigenvalue weighted by molar-refractivity contribution is -0.236. The Balaban J connectivity index is 1.61. The first-order valence-electron chi connectivity index (χ1n) is 22.1.